The third-order valence-electron chi connectivity index (χ3n) is 2.01. The van der Waals surface area contributed by atoms with Crippen LogP contribution in [0, 0.1) is 5.82 Å². The lowest BCUT2D eigenvalue weighted by Gasteiger charge is -2.08. The summed E-state index contributed by atoms with van der Waals surface area (Å²) in [6, 6.07) is 5.56. The largest absolute Gasteiger partial charge is 0.351 e. The maximum absolute atomic E-state index is 12.8. The molecule has 0 fully saturated rings. The number of carbonyl (C=O) groups excluding carboxylic acids is 1. The molecule has 0 saturated heterocycles. The van der Waals surface area contributed by atoms with E-state index in [0.29, 0.717) is 12.1 Å². The minimum atomic E-state index is -0.416. The third kappa shape index (κ3) is 3.88. The lowest BCUT2D eigenvalue weighted by atomic mass is 10.2. The Morgan fingerprint density at radius 1 is 1.60 bits per heavy atom. The van der Waals surface area contributed by atoms with Crippen molar-refractivity contribution in [2.24, 2.45) is 0 Å². The fraction of sp³-hybridized carbons (Fsp3) is 0.364. The molecule has 0 aliphatic heterocycles. The Morgan fingerprint density at radius 2 is 2.33 bits per heavy atom. The molecule has 15 heavy (non-hydrogen) atoms. The van der Waals surface area contributed by atoms with Crippen molar-refractivity contribution in [1.82, 2.24) is 5.32 Å². The number of alkyl halides is 1. The van der Waals surface area contributed by atoms with E-state index in [9.17, 15) is 9.18 Å². The van der Waals surface area contributed by atoms with Gasteiger partial charge in [0.1, 0.15) is 5.82 Å². The summed E-state index contributed by atoms with van der Waals surface area (Å²) < 4.78 is 12.8. The summed E-state index contributed by atoms with van der Waals surface area (Å²) in [6.07, 6.45) is 0.783. The molecule has 1 atom stereocenters. The van der Waals surface area contributed by atoms with Crippen LogP contribution in [0.5, 0.6) is 0 Å². The SMILES string of the molecule is CCC(Cl)CNC(=O)c1cccc(F)c1. The van der Waals surface area contributed by atoms with Gasteiger partial charge in [-0.3, -0.25) is 4.79 Å². The first kappa shape index (κ1) is 12.0. The van der Waals surface area contributed by atoms with Crippen LogP contribution >= 0.6 is 11.6 Å². The number of hydrogen-bond donors (Lipinski definition) is 1. The maximum atomic E-state index is 12.8. The number of carbonyl (C=O) groups is 1. The molecular weight excluding hydrogens is 217 g/mol. The Balaban J connectivity index is 2.54. The van der Waals surface area contributed by atoms with Crippen molar-refractivity contribution in [3.8, 4) is 0 Å². The van der Waals surface area contributed by atoms with E-state index in [1.165, 1.54) is 18.2 Å². The topological polar surface area (TPSA) is 29.1 Å². The third-order valence-corrected chi connectivity index (χ3v) is 2.48. The number of halogens is 2. The quantitative estimate of drug-likeness (QED) is 0.790. The first-order chi connectivity index (χ1) is 7.13. The number of rotatable bonds is 4. The van der Waals surface area contributed by atoms with Gasteiger partial charge in [0.25, 0.3) is 5.91 Å². The lowest BCUT2D eigenvalue weighted by molar-refractivity contribution is 0.0953. The van der Waals surface area contributed by atoms with Gasteiger partial charge in [0.05, 0.1) is 5.38 Å². The predicted octanol–water partition coefficient (Wildman–Crippen LogP) is 2.57. The van der Waals surface area contributed by atoms with Crippen LogP contribution in [0.25, 0.3) is 0 Å². The van der Waals surface area contributed by atoms with Crippen LogP contribution in [-0.4, -0.2) is 17.8 Å². The average Bonchev–Trinajstić information content (AvgIpc) is 2.25. The standard InChI is InChI=1S/C11H13ClFNO/c1-2-9(12)7-14-11(15)8-4-3-5-10(13)6-8/h3-6,9H,2,7H2,1H3,(H,14,15). The Kier molecular flexibility index (Phi) is 4.56. The zero-order chi connectivity index (χ0) is 11.3. The van der Waals surface area contributed by atoms with E-state index < -0.39 is 5.82 Å². The predicted molar refractivity (Wildman–Crippen MR) is 58.7 cm³/mol. The molecule has 1 unspecified atom stereocenters. The molecule has 0 heterocycles. The van der Waals surface area contributed by atoms with Crippen LogP contribution in [-0.2, 0) is 0 Å². The number of hydrogen-bond acceptors (Lipinski definition) is 1. The van der Waals surface area contributed by atoms with Crippen LogP contribution in [0.1, 0.15) is 23.7 Å². The van der Waals surface area contributed by atoms with Crippen molar-refractivity contribution in [2.75, 3.05) is 6.54 Å². The summed E-state index contributed by atoms with van der Waals surface area (Å²) in [5.74, 6) is -0.714. The van der Waals surface area contributed by atoms with E-state index >= 15 is 0 Å². The van der Waals surface area contributed by atoms with Crippen LogP contribution in [0.2, 0.25) is 0 Å². The molecule has 1 aromatic rings. The molecule has 4 heteroatoms. The van der Waals surface area contributed by atoms with Crippen molar-refractivity contribution < 1.29 is 9.18 Å². The molecule has 0 bridgehead atoms. The van der Waals surface area contributed by atoms with Gasteiger partial charge in [0.15, 0.2) is 0 Å². The smallest absolute Gasteiger partial charge is 0.251 e. The number of benzene rings is 1. The molecule has 1 N–H and O–H groups in total. The molecule has 0 saturated carbocycles. The second-order valence-corrected chi connectivity index (χ2v) is 3.84. The molecule has 0 aliphatic rings. The van der Waals surface area contributed by atoms with Gasteiger partial charge in [-0.15, -0.1) is 11.6 Å². The molecule has 0 aliphatic carbocycles. The molecule has 1 rings (SSSR count). The summed E-state index contributed by atoms with van der Waals surface area (Å²) in [5, 5.41) is 2.56. The molecule has 1 amide bonds. The van der Waals surface area contributed by atoms with Gasteiger partial charge < -0.3 is 5.32 Å². The van der Waals surface area contributed by atoms with Gasteiger partial charge in [-0.25, -0.2) is 4.39 Å². The number of amides is 1. The number of nitrogens with one attached hydrogen (secondary N) is 1. The van der Waals surface area contributed by atoms with Crippen LogP contribution in [0.3, 0.4) is 0 Å². The lowest BCUT2D eigenvalue weighted by Crippen LogP contribution is -2.29. The van der Waals surface area contributed by atoms with E-state index in [4.69, 9.17) is 11.6 Å². The summed E-state index contributed by atoms with van der Waals surface area (Å²) in [5.41, 5.74) is 0.315. The zero-order valence-corrected chi connectivity index (χ0v) is 9.22. The van der Waals surface area contributed by atoms with Crippen LogP contribution in [0.4, 0.5) is 4.39 Å². The summed E-state index contributed by atoms with van der Waals surface area (Å²) >= 11 is 5.84. The molecule has 0 aromatic heterocycles. The molecule has 82 valence electrons. The Morgan fingerprint density at radius 3 is 2.93 bits per heavy atom. The minimum Gasteiger partial charge on any atom is -0.351 e. The van der Waals surface area contributed by atoms with Gasteiger partial charge in [-0.1, -0.05) is 13.0 Å². The highest BCUT2D eigenvalue weighted by Crippen LogP contribution is 2.04. The van der Waals surface area contributed by atoms with Crippen molar-refractivity contribution in [2.45, 2.75) is 18.7 Å². The average molecular weight is 230 g/mol. The van der Waals surface area contributed by atoms with Gasteiger partial charge in [-0.05, 0) is 24.6 Å². The van der Waals surface area contributed by atoms with Crippen LogP contribution in [0.15, 0.2) is 24.3 Å². The zero-order valence-electron chi connectivity index (χ0n) is 8.47. The molecule has 2 nitrogen and oxygen atoms in total. The van der Waals surface area contributed by atoms with E-state index in [-0.39, 0.29) is 11.3 Å². The summed E-state index contributed by atoms with van der Waals surface area (Å²) in [4.78, 5) is 11.5. The molecular formula is C11H13ClFNO. The highest BCUT2D eigenvalue weighted by Gasteiger charge is 2.08. The van der Waals surface area contributed by atoms with Crippen LogP contribution < -0.4 is 5.32 Å². The fourth-order valence-corrected chi connectivity index (χ4v) is 1.16. The van der Waals surface area contributed by atoms with Gasteiger partial charge in [0, 0.05) is 12.1 Å². The fourth-order valence-electron chi connectivity index (χ4n) is 1.08. The first-order valence-electron chi connectivity index (χ1n) is 4.81. The molecule has 0 radical (unpaired) electrons. The Hall–Kier alpha value is -1.09. The summed E-state index contributed by atoms with van der Waals surface area (Å²) in [6.45, 7) is 2.33. The normalized spacial score (nSPS) is 12.2. The van der Waals surface area contributed by atoms with E-state index in [0.717, 1.165) is 6.42 Å². The highest BCUT2D eigenvalue weighted by molar-refractivity contribution is 6.20. The van der Waals surface area contributed by atoms with Crippen molar-refractivity contribution in [1.29, 1.82) is 0 Å². The first-order valence-corrected chi connectivity index (χ1v) is 5.25. The monoisotopic (exact) mass is 229 g/mol. The highest BCUT2D eigenvalue weighted by atomic mass is 35.5. The van der Waals surface area contributed by atoms with Gasteiger partial charge >= 0.3 is 0 Å². The van der Waals surface area contributed by atoms with E-state index in [1.54, 1.807) is 6.07 Å². The Labute approximate surface area is 93.4 Å². The van der Waals surface area contributed by atoms with Crippen molar-refractivity contribution >= 4 is 17.5 Å². The minimum absolute atomic E-state index is 0.0810. The van der Waals surface area contributed by atoms with Gasteiger partial charge in [0.2, 0.25) is 0 Å². The van der Waals surface area contributed by atoms with E-state index in [1.807, 2.05) is 6.92 Å². The van der Waals surface area contributed by atoms with E-state index in [2.05, 4.69) is 5.32 Å². The van der Waals surface area contributed by atoms with Crippen molar-refractivity contribution in [3.63, 3.8) is 0 Å². The second kappa shape index (κ2) is 5.71. The maximum Gasteiger partial charge on any atom is 0.251 e. The Bertz CT molecular complexity index is 343. The van der Waals surface area contributed by atoms with Gasteiger partial charge in [-0.2, -0.15) is 0 Å². The molecule has 1 aromatic carbocycles. The second-order valence-electron chi connectivity index (χ2n) is 3.23. The summed E-state index contributed by atoms with van der Waals surface area (Å²) in [7, 11) is 0. The van der Waals surface area contributed by atoms with Crippen molar-refractivity contribution in [3.05, 3.63) is 35.6 Å². The molecule has 0 spiro atoms.